The Morgan fingerprint density at radius 2 is 2.12 bits per heavy atom. The fourth-order valence-electron chi connectivity index (χ4n) is 2.82. The van der Waals surface area contributed by atoms with Gasteiger partial charge in [-0.25, -0.2) is 0 Å². The quantitative estimate of drug-likeness (QED) is 0.838. The van der Waals surface area contributed by atoms with Crippen LogP contribution >= 0.6 is 0 Å². The molecule has 1 aliphatic rings. The third-order valence-electron chi connectivity index (χ3n) is 4.02. The van der Waals surface area contributed by atoms with Crippen LogP contribution in [0.25, 0.3) is 0 Å². The van der Waals surface area contributed by atoms with E-state index in [1.165, 1.54) is 31.2 Å². The van der Waals surface area contributed by atoms with Gasteiger partial charge in [-0.15, -0.1) is 0 Å². The van der Waals surface area contributed by atoms with Crippen molar-refractivity contribution in [2.45, 2.75) is 37.8 Å². The minimum absolute atomic E-state index is 0.377. The Hall–Kier alpha value is -0.870. The van der Waals surface area contributed by atoms with Crippen LogP contribution in [0.4, 0.5) is 0 Å². The van der Waals surface area contributed by atoms with Crippen LogP contribution in [0, 0.1) is 0 Å². The second-order valence-electron chi connectivity index (χ2n) is 5.45. The zero-order chi connectivity index (χ0) is 12.3. The number of hydrogen-bond donors (Lipinski definition) is 1. The first-order valence-electron chi connectivity index (χ1n) is 6.48. The molecule has 0 aromatic carbocycles. The second-order valence-corrected chi connectivity index (χ2v) is 5.45. The molecule has 4 nitrogen and oxygen atoms in total. The van der Waals surface area contributed by atoms with E-state index >= 15 is 0 Å². The summed E-state index contributed by atoms with van der Waals surface area (Å²) >= 11 is 0. The van der Waals surface area contributed by atoms with Crippen LogP contribution < -0.4 is 5.32 Å². The molecule has 17 heavy (non-hydrogen) atoms. The summed E-state index contributed by atoms with van der Waals surface area (Å²) in [7, 11) is 6.37. The molecule has 1 saturated carbocycles. The summed E-state index contributed by atoms with van der Waals surface area (Å²) < 4.78 is 1.86. The fraction of sp³-hybridized carbons (Fsp3) is 0.769. The molecule has 4 heteroatoms. The highest BCUT2D eigenvalue weighted by atomic mass is 15.2. The monoisotopic (exact) mass is 236 g/mol. The van der Waals surface area contributed by atoms with Crippen LogP contribution in [0.15, 0.2) is 12.4 Å². The predicted molar refractivity (Wildman–Crippen MR) is 69.8 cm³/mol. The topological polar surface area (TPSA) is 33.1 Å². The Kier molecular flexibility index (Phi) is 3.84. The van der Waals surface area contributed by atoms with E-state index in [0.29, 0.717) is 5.54 Å². The maximum Gasteiger partial charge on any atom is 0.0534 e. The number of aryl methyl sites for hydroxylation is 1. The first-order chi connectivity index (χ1) is 8.12. The van der Waals surface area contributed by atoms with Crippen molar-refractivity contribution < 1.29 is 0 Å². The number of nitrogens with zero attached hydrogens (tertiary/aromatic N) is 3. The van der Waals surface area contributed by atoms with Crippen LogP contribution in [0.3, 0.4) is 0 Å². The van der Waals surface area contributed by atoms with Crippen LogP contribution in [-0.2, 0) is 13.6 Å². The lowest BCUT2D eigenvalue weighted by Gasteiger charge is -2.36. The smallest absolute Gasteiger partial charge is 0.0534 e. The normalized spacial score (nSPS) is 19.1. The van der Waals surface area contributed by atoms with Gasteiger partial charge < -0.3 is 10.2 Å². The van der Waals surface area contributed by atoms with Gasteiger partial charge in [-0.3, -0.25) is 4.68 Å². The van der Waals surface area contributed by atoms with Crippen molar-refractivity contribution in [2.24, 2.45) is 7.05 Å². The Labute approximate surface area is 104 Å². The maximum atomic E-state index is 4.19. The summed E-state index contributed by atoms with van der Waals surface area (Å²) in [6.45, 7) is 2.00. The maximum absolute atomic E-state index is 4.19. The van der Waals surface area contributed by atoms with Crippen LogP contribution in [-0.4, -0.2) is 40.9 Å². The predicted octanol–water partition coefficient (Wildman–Crippen LogP) is 1.38. The average Bonchev–Trinajstić information content (AvgIpc) is 2.89. The van der Waals surface area contributed by atoms with E-state index in [9.17, 15) is 0 Å². The first-order valence-corrected chi connectivity index (χ1v) is 6.48. The fourth-order valence-corrected chi connectivity index (χ4v) is 2.82. The van der Waals surface area contributed by atoms with Gasteiger partial charge in [0, 0.05) is 37.4 Å². The molecule has 1 fully saturated rings. The molecule has 0 saturated heterocycles. The summed E-state index contributed by atoms with van der Waals surface area (Å²) in [6.07, 6.45) is 9.38. The second kappa shape index (κ2) is 5.19. The molecule has 0 unspecified atom stereocenters. The van der Waals surface area contributed by atoms with E-state index in [2.05, 4.69) is 35.6 Å². The summed E-state index contributed by atoms with van der Waals surface area (Å²) in [6, 6.07) is 0. The van der Waals surface area contributed by atoms with E-state index in [0.717, 1.165) is 13.1 Å². The highest BCUT2D eigenvalue weighted by molar-refractivity contribution is 5.03. The number of likely N-dealkylation sites (N-methyl/N-ethyl adjacent to an activating group) is 1. The van der Waals surface area contributed by atoms with Crippen molar-refractivity contribution in [3.8, 4) is 0 Å². The van der Waals surface area contributed by atoms with Crippen molar-refractivity contribution in [3.63, 3.8) is 0 Å². The number of nitrogens with one attached hydrogen (secondary N) is 1. The van der Waals surface area contributed by atoms with Crippen LogP contribution in [0.5, 0.6) is 0 Å². The highest BCUT2D eigenvalue weighted by Crippen LogP contribution is 2.33. The first kappa shape index (κ1) is 12.6. The van der Waals surface area contributed by atoms with Gasteiger partial charge in [-0.2, -0.15) is 5.10 Å². The van der Waals surface area contributed by atoms with Crippen molar-refractivity contribution >= 4 is 0 Å². The van der Waals surface area contributed by atoms with Crippen molar-refractivity contribution in [1.82, 2.24) is 20.0 Å². The zero-order valence-corrected chi connectivity index (χ0v) is 11.2. The largest absolute Gasteiger partial charge is 0.311 e. The van der Waals surface area contributed by atoms with Gasteiger partial charge >= 0.3 is 0 Å². The molecular formula is C13H24N4. The highest BCUT2D eigenvalue weighted by Gasteiger charge is 2.35. The molecule has 1 N–H and O–H groups in total. The van der Waals surface area contributed by atoms with Crippen LogP contribution in [0.1, 0.15) is 31.2 Å². The Balaban J connectivity index is 1.84. The summed E-state index contributed by atoms with van der Waals surface area (Å²) in [4.78, 5) is 2.40. The third kappa shape index (κ3) is 2.87. The van der Waals surface area contributed by atoms with Gasteiger partial charge in [0.25, 0.3) is 0 Å². The van der Waals surface area contributed by atoms with Gasteiger partial charge in [0.15, 0.2) is 0 Å². The Morgan fingerprint density at radius 3 is 2.65 bits per heavy atom. The molecule has 0 atom stereocenters. The van der Waals surface area contributed by atoms with Gasteiger partial charge in [-0.1, -0.05) is 12.8 Å². The van der Waals surface area contributed by atoms with Crippen molar-refractivity contribution in [3.05, 3.63) is 18.0 Å². The SMILES string of the molecule is CN(C)C1(CNCc2cnn(C)c2)CCCC1. The zero-order valence-electron chi connectivity index (χ0n) is 11.2. The number of aromatic nitrogens is 2. The molecule has 0 aliphatic heterocycles. The average molecular weight is 236 g/mol. The van der Waals surface area contributed by atoms with E-state index in [4.69, 9.17) is 0 Å². The molecule has 1 heterocycles. The van der Waals surface area contributed by atoms with Gasteiger partial charge in [0.1, 0.15) is 0 Å². The summed E-state index contributed by atoms with van der Waals surface area (Å²) in [5.41, 5.74) is 1.64. The van der Waals surface area contributed by atoms with Crippen LogP contribution in [0.2, 0.25) is 0 Å². The molecule has 2 rings (SSSR count). The van der Waals surface area contributed by atoms with Crippen molar-refractivity contribution in [2.75, 3.05) is 20.6 Å². The molecule has 0 amide bonds. The van der Waals surface area contributed by atoms with E-state index < -0.39 is 0 Å². The molecule has 1 aliphatic carbocycles. The molecular weight excluding hydrogens is 212 g/mol. The van der Waals surface area contributed by atoms with E-state index in [1.54, 1.807) is 0 Å². The molecule has 0 spiro atoms. The standard InChI is InChI=1S/C13H24N4/c1-16(2)13(6-4-5-7-13)11-14-8-12-9-15-17(3)10-12/h9-10,14H,4-8,11H2,1-3H3. The molecule has 1 aromatic rings. The van der Waals surface area contributed by atoms with Gasteiger partial charge in [0.05, 0.1) is 6.20 Å². The van der Waals surface area contributed by atoms with E-state index in [1.807, 2.05) is 17.9 Å². The van der Waals surface area contributed by atoms with Gasteiger partial charge in [0.2, 0.25) is 0 Å². The Morgan fingerprint density at radius 1 is 1.41 bits per heavy atom. The number of hydrogen-bond acceptors (Lipinski definition) is 3. The van der Waals surface area contributed by atoms with Gasteiger partial charge in [-0.05, 0) is 26.9 Å². The number of rotatable bonds is 5. The molecule has 0 radical (unpaired) electrons. The minimum atomic E-state index is 0.377. The third-order valence-corrected chi connectivity index (χ3v) is 4.02. The van der Waals surface area contributed by atoms with E-state index in [-0.39, 0.29) is 0 Å². The lowest BCUT2D eigenvalue weighted by molar-refractivity contribution is 0.153. The van der Waals surface area contributed by atoms with Crippen molar-refractivity contribution in [1.29, 1.82) is 0 Å². The lowest BCUT2D eigenvalue weighted by atomic mass is 9.96. The summed E-state index contributed by atoms with van der Waals surface area (Å²) in [5.74, 6) is 0. The molecule has 0 bridgehead atoms. The minimum Gasteiger partial charge on any atom is -0.311 e. The molecule has 1 aromatic heterocycles. The Bertz CT molecular complexity index is 350. The summed E-state index contributed by atoms with van der Waals surface area (Å²) in [5, 5.41) is 7.77. The lowest BCUT2D eigenvalue weighted by Crippen LogP contribution is -2.49. The molecule has 96 valence electrons.